The van der Waals surface area contributed by atoms with E-state index in [-0.39, 0.29) is 11.8 Å². The van der Waals surface area contributed by atoms with Crippen molar-refractivity contribution in [3.8, 4) is 0 Å². The Balaban J connectivity index is 1.53. The molecule has 3 rings (SSSR count). The number of hydrogen-bond donors (Lipinski definition) is 1. The minimum atomic E-state index is -0.0965. The van der Waals surface area contributed by atoms with E-state index in [0.717, 1.165) is 10.6 Å². The van der Waals surface area contributed by atoms with E-state index in [1.165, 1.54) is 11.3 Å². The highest BCUT2D eigenvalue weighted by molar-refractivity contribution is 7.09. The predicted octanol–water partition coefficient (Wildman–Crippen LogP) is 1.78. The third-order valence-corrected chi connectivity index (χ3v) is 5.26. The van der Waals surface area contributed by atoms with Crippen LogP contribution in [0.15, 0.2) is 29.6 Å². The van der Waals surface area contributed by atoms with Crippen molar-refractivity contribution in [3.63, 3.8) is 0 Å². The van der Waals surface area contributed by atoms with Crippen molar-refractivity contribution < 1.29 is 9.59 Å². The van der Waals surface area contributed by atoms with Crippen molar-refractivity contribution in [2.24, 2.45) is 5.73 Å². The van der Waals surface area contributed by atoms with Gasteiger partial charge in [0.05, 0.1) is 6.42 Å². The minimum Gasteiger partial charge on any atom is -0.339 e. The molecule has 1 aromatic heterocycles. The van der Waals surface area contributed by atoms with E-state index >= 15 is 0 Å². The van der Waals surface area contributed by atoms with Crippen LogP contribution in [0, 0.1) is 0 Å². The number of piperazine rings is 1. The van der Waals surface area contributed by atoms with Crippen LogP contribution in [-0.2, 0) is 17.8 Å². The predicted molar refractivity (Wildman–Crippen MR) is 97.6 cm³/mol. The average Bonchev–Trinajstić information content (AvgIpc) is 3.12. The molecule has 2 N–H and O–H groups in total. The summed E-state index contributed by atoms with van der Waals surface area (Å²) < 4.78 is 0. The fraction of sp³-hybridized carbons (Fsp3) is 0.353. The lowest BCUT2D eigenvalue weighted by molar-refractivity contribution is -0.131. The molecule has 0 atom stereocenters. The largest absolute Gasteiger partial charge is 0.339 e. The molecule has 2 aromatic rings. The normalized spacial score (nSPS) is 14.6. The second-order valence-electron chi connectivity index (χ2n) is 5.81. The summed E-state index contributed by atoms with van der Waals surface area (Å²) in [5, 5.41) is 3.14. The molecule has 1 fully saturated rings. The van der Waals surface area contributed by atoms with Crippen LogP contribution >= 0.6 is 22.9 Å². The molecular weight excluding hydrogens is 360 g/mol. The van der Waals surface area contributed by atoms with E-state index in [2.05, 4.69) is 4.98 Å². The first-order valence-corrected chi connectivity index (χ1v) is 9.28. The lowest BCUT2D eigenvalue weighted by Crippen LogP contribution is -2.51. The molecule has 132 valence electrons. The third-order valence-electron chi connectivity index (χ3n) is 4.13. The smallest absolute Gasteiger partial charge is 0.273 e. The zero-order chi connectivity index (χ0) is 17.8. The number of aromatic nitrogens is 1. The molecule has 1 aliphatic heterocycles. The van der Waals surface area contributed by atoms with Crippen LogP contribution in [0.25, 0.3) is 0 Å². The highest BCUT2D eigenvalue weighted by atomic mass is 35.5. The second kappa shape index (κ2) is 7.95. The minimum absolute atomic E-state index is 0.0634. The van der Waals surface area contributed by atoms with Crippen LogP contribution in [0.4, 0.5) is 0 Å². The Morgan fingerprint density at radius 1 is 1.12 bits per heavy atom. The maximum atomic E-state index is 12.4. The van der Waals surface area contributed by atoms with Crippen molar-refractivity contribution in [2.45, 2.75) is 13.0 Å². The highest BCUT2D eigenvalue weighted by Gasteiger charge is 2.26. The molecule has 0 unspecified atom stereocenters. The van der Waals surface area contributed by atoms with Crippen molar-refractivity contribution in [2.75, 3.05) is 26.2 Å². The molecule has 2 heterocycles. The van der Waals surface area contributed by atoms with Crippen LogP contribution in [0.3, 0.4) is 0 Å². The Bertz CT molecular complexity index is 754. The quantitative estimate of drug-likeness (QED) is 0.879. The topological polar surface area (TPSA) is 79.5 Å². The highest BCUT2D eigenvalue weighted by Crippen LogP contribution is 2.14. The molecule has 0 bridgehead atoms. The van der Waals surface area contributed by atoms with Gasteiger partial charge in [-0.2, -0.15) is 0 Å². The van der Waals surface area contributed by atoms with E-state index in [0.29, 0.717) is 49.9 Å². The third kappa shape index (κ3) is 4.36. The molecule has 8 heteroatoms. The van der Waals surface area contributed by atoms with E-state index < -0.39 is 0 Å². The van der Waals surface area contributed by atoms with Crippen LogP contribution in [-0.4, -0.2) is 52.8 Å². The van der Waals surface area contributed by atoms with Gasteiger partial charge in [0.25, 0.3) is 5.91 Å². The Morgan fingerprint density at radius 2 is 1.76 bits per heavy atom. The Morgan fingerprint density at radius 3 is 2.36 bits per heavy atom. The van der Waals surface area contributed by atoms with Crippen molar-refractivity contribution in [1.29, 1.82) is 0 Å². The number of hydrogen-bond acceptors (Lipinski definition) is 5. The Hall–Kier alpha value is -1.96. The van der Waals surface area contributed by atoms with Crippen LogP contribution in [0.1, 0.15) is 21.1 Å². The van der Waals surface area contributed by atoms with E-state index in [1.54, 1.807) is 27.3 Å². The van der Waals surface area contributed by atoms with Gasteiger partial charge in [0, 0.05) is 43.1 Å². The number of nitrogens with two attached hydrogens (primary N) is 1. The summed E-state index contributed by atoms with van der Waals surface area (Å²) in [7, 11) is 0. The Labute approximate surface area is 155 Å². The molecular formula is C17H19ClN4O2S. The molecule has 1 aromatic carbocycles. The summed E-state index contributed by atoms with van der Waals surface area (Å²) in [5.74, 6) is -0.0331. The van der Waals surface area contributed by atoms with E-state index in [9.17, 15) is 9.59 Å². The fourth-order valence-corrected chi connectivity index (χ4v) is 3.49. The van der Waals surface area contributed by atoms with Gasteiger partial charge in [-0.1, -0.05) is 23.7 Å². The Kier molecular flexibility index (Phi) is 5.67. The number of carbonyl (C=O) groups excluding carboxylic acids is 2. The summed E-state index contributed by atoms with van der Waals surface area (Å²) in [4.78, 5) is 32.6. The molecule has 0 saturated carbocycles. The second-order valence-corrected chi connectivity index (χ2v) is 7.19. The van der Waals surface area contributed by atoms with Gasteiger partial charge in [0.1, 0.15) is 10.7 Å². The zero-order valence-corrected chi connectivity index (χ0v) is 15.2. The van der Waals surface area contributed by atoms with E-state index in [4.69, 9.17) is 17.3 Å². The first kappa shape index (κ1) is 17.8. The van der Waals surface area contributed by atoms with Gasteiger partial charge in [-0.25, -0.2) is 4.98 Å². The summed E-state index contributed by atoms with van der Waals surface area (Å²) in [6.07, 6.45) is 0.344. The van der Waals surface area contributed by atoms with Gasteiger partial charge >= 0.3 is 0 Å². The number of halogens is 1. The zero-order valence-electron chi connectivity index (χ0n) is 13.7. The number of benzene rings is 1. The molecule has 0 aliphatic carbocycles. The van der Waals surface area contributed by atoms with Gasteiger partial charge in [-0.05, 0) is 17.7 Å². The molecule has 6 nitrogen and oxygen atoms in total. The van der Waals surface area contributed by atoms with Gasteiger partial charge in [-0.15, -0.1) is 11.3 Å². The molecule has 25 heavy (non-hydrogen) atoms. The maximum absolute atomic E-state index is 12.4. The molecule has 0 spiro atoms. The lowest BCUT2D eigenvalue weighted by Gasteiger charge is -2.34. The monoisotopic (exact) mass is 378 g/mol. The van der Waals surface area contributed by atoms with Crippen LogP contribution < -0.4 is 5.73 Å². The number of thiazole rings is 1. The van der Waals surface area contributed by atoms with Crippen molar-refractivity contribution in [1.82, 2.24) is 14.8 Å². The first-order chi connectivity index (χ1) is 12.1. The molecule has 0 radical (unpaired) electrons. The molecule has 2 amide bonds. The summed E-state index contributed by atoms with van der Waals surface area (Å²) in [6.45, 7) is 2.43. The number of carbonyl (C=O) groups is 2. The maximum Gasteiger partial charge on any atom is 0.273 e. The van der Waals surface area contributed by atoms with E-state index in [1.807, 2.05) is 12.1 Å². The number of nitrogens with zero attached hydrogens (tertiary/aromatic N) is 3. The van der Waals surface area contributed by atoms with Gasteiger partial charge in [0.15, 0.2) is 0 Å². The van der Waals surface area contributed by atoms with Crippen molar-refractivity contribution in [3.05, 3.63) is 50.9 Å². The van der Waals surface area contributed by atoms with Crippen LogP contribution in [0.2, 0.25) is 5.02 Å². The fourth-order valence-electron chi connectivity index (χ4n) is 2.71. The number of rotatable bonds is 4. The van der Waals surface area contributed by atoms with Gasteiger partial charge in [-0.3, -0.25) is 9.59 Å². The first-order valence-electron chi connectivity index (χ1n) is 8.03. The summed E-state index contributed by atoms with van der Waals surface area (Å²) in [6, 6.07) is 7.28. The van der Waals surface area contributed by atoms with Gasteiger partial charge in [0.2, 0.25) is 5.91 Å². The SMILES string of the molecule is NCc1nc(C(=O)N2CCN(C(=O)Cc3ccc(Cl)cc3)CC2)cs1. The number of amides is 2. The van der Waals surface area contributed by atoms with Gasteiger partial charge < -0.3 is 15.5 Å². The molecule has 1 aliphatic rings. The summed E-state index contributed by atoms with van der Waals surface area (Å²) >= 11 is 7.25. The standard InChI is InChI=1S/C17H19ClN4O2S/c18-13-3-1-12(2-4-13)9-16(23)21-5-7-22(8-6-21)17(24)14-11-25-15(10-19)20-14/h1-4,11H,5-10,19H2. The average molecular weight is 379 g/mol. The lowest BCUT2D eigenvalue weighted by atomic mass is 10.1. The molecule has 1 saturated heterocycles. The van der Waals surface area contributed by atoms with Crippen molar-refractivity contribution >= 4 is 34.8 Å². The summed E-state index contributed by atoms with van der Waals surface area (Å²) in [5.41, 5.74) is 6.91. The van der Waals surface area contributed by atoms with Crippen LogP contribution in [0.5, 0.6) is 0 Å².